The molecule has 0 nitrogen and oxygen atoms in total. The molecule has 1 heterocycles. The molecule has 1 heteroatoms. The Hall–Kier alpha value is -2.51. The van der Waals surface area contributed by atoms with Gasteiger partial charge in [-0.1, -0.05) is 61.2 Å². The first-order valence-electron chi connectivity index (χ1n) is 9.18. The first kappa shape index (κ1) is 14.6. The van der Waals surface area contributed by atoms with E-state index in [0.29, 0.717) is 11.2 Å². The lowest BCUT2D eigenvalue weighted by Crippen LogP contribution is -1.95. The molecule has 2 atom stereocenters. The SMILES string of the molecule is C=C1c2cc3c(cc2C2Sc4cc5ccccc5cc4C12)CC=CC=C3. The van der Waals surface area contributed by atoms with Crippen molar-refractivity contribution < 1.29 is 0 Å². The normalized spacial score (nSPS) is 22.1. The average Bonchev–Trinajstić information content (AvgIpc) is 3.02. The van der Waals surface area contributed by atoms with E-state index in [1.807, 2.05) is 11.8 Å². The summed E-state index contributed by atoms with van der Waals surface area (Å²) < 4.78 is 0. The number of thioether (sulfide) groups is 1. The van der Waals surface area contributed by atoms with Gasteiger partial charge in [-0.3, -0.25) is 0 Å². The lowest BCUT2D eigenvalue weighted by Gasteiger charge is -2.12. The van der Waals surface area contributed by atoms with Gasteiger partial charge in [-0.25, -0.2) is 0 Å². The van der Waals surface area contributed by atoms with Crippen molar-refractivity contribution in [2.24, 2.45) is 0 Å². The lowest BCUT2D eigenvalue weighted by molar-refractivity contribution is 0.890. The number of hydrogen-bond acceptors (Lipinski definition) is 1. The van der Waals surface area contributed by atoms with E-state index in [2.05, 4.69) is 79.4 Å². The van der Waals surface area contributed by atoms with Gasteiger partial charge in [0, 0.05) is 16.1 Å². The van der Waals surface area contributed by atoms with Gasteiger partial charge in [0.05, 0.1) is 0 Å². The molecule has 2 aliphatic carbocycles. The van der Waals surface area contributed by atoms with E-state index in [-0.39, 0.29) is 0 Å². The van der Waals surface area contributed by atoms with E-state index in [0.717, 1.165) is 6.42 Å². The molecule has 6 rings (SSSR count). The maximum atomic E-state index is 4.54. The van der Waals surface area contributed by atoms with Crippen LogP contribution in [0, 0.1) is 0 Å². The molecule has 26 heavy (non-hydrogen) atoms. The minimum absolute atomic E-state index is 0.417. The number of allylic oxidation sites excluding steroid dienone is 4. The zero-order valence-corrected chi connectivity index (χ0v) is 15.2. The molecule has 0 saturated carbocycles. The van der Waals surface area contributed by atoms with Crippen LogP contribution in [0.25, 0.3) is 22.4 Å². The van der Waals surface area contributed by atoms with Crippen LogP contribution in [0.3, 0.4) is 0 Å². The number of benzene rings is 3. The summed E-state index contributed by atoms with van der Waals surface area (Å²) in [5, 5.41) is 3.15. The molecule has 0 saturated heterocycles. The maximum Gasteiger partial charge on any atom is 0.0460 e. The van der Waals surface area contributed by atoms with Gasteiger partial charge in [-0.05, 0) is 68.8 Å². The summed E-state index contributed by atoms with van der Waals surface area (Å²) in [6.45, 7) is 4.54. The number of fused-ring (bicyclic) bond motifs is 7. The molecule has 1 aliphatic heterocycles. The van der Waals surface area contributed by atoms with Crippen LogP contribution < -0.4 is 0 Å². The van der Waals surface area contributed by atoms with Crippen molar-refractivity contribution in [2.75, 3.05) is 0 Å². The van der Waals surface area contributed by atoms with Crippen molar-refractivity contribution >= 4 is 34.2 Å². The van der Waals surface area contributed by atoms with Gasteiger partial charge in [0.15, 0.2) is 0 Å². The number of rotatable bonds is 0. The van der Waals surface area contributed by atoms with Crippen LogP contribution in [0.1, 0.15) is 39.0 Å². The van der Waals surface area contributed by atoms with E-state index < -0.39 is 0 Å². The molecule has 0 radical (unpaired) electrons. The van der Waals surface area contributed by atoms with E-state index in [4.69, 9.17) is 0 Å². The molecule has 0 bridgehead atoms. The number of hydrogen-bond donors (Lipinski definition) is 0. The van der Waals surface area contributed by atoms with Gasteiger partial charge >= 0.3 is 0 Å². The Bertz CT molecular complexity index is 1160. The van der Waals surface area contributed by atoms with Crippen molar-refractivity contribution in [1.82, 2.24) is 0 Å². The predicted octanol–water partition coefficient (Wildman–Crippen LogP) is 6.92. The molecular weight excluding hydrogens is 332 g/mol. The smallest absolute Gasteiger partial charge is 0.0460 e. The topological polar surface area (TPSA) is 0 Å². The summed E-state index contributed by atoms with van der Waals surface area (Å²) in [7, 11) is 0. The van der Waals surface area contributed by atoms with Crippen LogP contribution in [-0.4, -0.2) is 0 Å². The van der Waals surface area contributed by atoms with Crippen LogP contribution in [0.2, 0.25) is 0 Å². The second-order valence-electron chi connectivity index (χ2n) is 7.41. The third-order valence-corrected chi connectivity index (χ3v) is 7.36. The average molecular weight is 350 g/mol. The van der Waals surface area contributed by atoms with Gasteiger partial charge in [0.2, 0.25) is 0 Å². The minimum Gasteiger partial charge on any atom is -0.117 e. The van der Waals surface area contributed by atoms with Crippen molar-refractivity contribution in [3.8, 4) is 0 Å². The van der Waals surface area contributed by atoms with Crippen molar-refractivity contribution in [3.63, 3.8) is 0 Å². The van der Waals surface area contributed by atoms with Crippen molar-refractivity contribution in [1.29, 1.82) is 0 Å². The Labute approximate surface area is 157 Å². The highest BCUT2D eigenvalue weighted by Gasteiger charge is 2.43. The monoisotopic (exact) mass is 350 g/mol. The second-order valence-corrected chi connectivity index (χ2v) is 8.59. The fraction of sp³-hybridized carbons (Fsp3) is 0.120. The van der Waals surface area contributed by atoms with E-state index >= 15 is 0 Å². The van der Waals surface area contributed by atoms with Gasteiger partial charge < -0.3 is 0 Å². The molecule has 124 valence electrons. The largest absolute Gasteiger partial charge is 0.117 e. The summed E-state index contributed by atoms with van der Waals surface area (Å²) in [4.78, 5) is 1.43. The summed E-state index contributed by atoms with van der Waals surface area (Å²) in [6, 6.07) is 18.3. The molecule has 0 spiro atoms. The molecule has 0 N–H and O–H groups in total. The molecule has 0 fully saturated rings. The third-order valence-electron chi connectivity index (χ3n) is 5.97. The molecule has 3 aliphatic rings. The quantitative estimate of drug-likeness (QED) is 0.424. The maximum absolute atomic E-state index is 4.54. The predicted molar refractivity (Wildman–Crippen MR) is 113 cm³/mol. The summed E-state index contributed by atoms with van der Waals surface area (Å²) in [6.07, 6.45) is 9.79. The Balaban J connectivity index is 1.53. The standard InChI is InChI=1S/C25H18S/c1-15-20-11-16-7-3-2-4-8-17(16)12-21(20)25-24(15)22-13-18-9-5-6-10-19(18)14-23(22)26-25/h2-7,9-14,24-25H,1,8H2. The molecular formula is C25H18S. The highest BCUT2D eigenvalue weighted by molar-refractivity contribution is 8.00. The zero-order valence-electron chi connectivity index (χ0n) is 14.4. The highest BCUT2D eigenvalue weighted by atomic mass is 32.2. The summed E-state index contributed by atoms with van der Waals surface area (Å²) in [5.41, 5.74) is 8.39. The van der Waals surface area contributed by atoms with E-state index in [9.17, 15) is 0 Å². The fourth-order valence-corrected chi connectivity index (χ4v) is 6.25. The Morgan fingerprint density at radius 1 is 0.923 bits per heavy atom. The Morgan fingerprint density at radius 3 is 2.65 bits per heavy atom. The van der Waals surface area contributed by atoms with Crippen LogP contribution in [0.4, 0.5) is 0 Å². The van der Waals surface area contributed by atoms with Gasteiger partial charge in [-0.15, -0.1) is 11.8 Å². The van der Waals surface area contributed by atoms with E-state index in [1.165, 1.54) is 49.1 Å². The molecule has 3 aromatic rings. The molecule has 3 aromatic carbocycles. The van der Waals surface area contributed by atoms with Crippen LogP contribution in [0.15, 0.2) is 78.2 Å². The van der Waals surface area contributed by atoms with Gasteiger partial charge in [0.1, 0.15) is 0 Å². The van der Waals surface area contributed by atoms with Crippen LogP contribution in [-0.2, 0) is 6.42 Å². The van der Waals surface area contributed by atoms with Crippen LogP contribution in [0.5, 0.6) is 0 Å². The lowest BCUT2D eigenvalue weighted by atomic mass is 9.91. The summed E-state index contributed by atoms with van der Waals surface area (Å²) >= 11 is 2.03. The minimum atomic E-state index is 0.417. The molecule has 0 amide bonds. The highest BCUT2D eigenvalue weighted by Crippen LogP contribution is 2.64. The Kier molecular flexibility index (Phi) is 2.95. The Morgan fingerprint density at radius 2 is 1.77 bits per heavy atom. The fourth-order valence-electron chi connectivity index (χ4n) is 4.69. The van der Waals surface area contributed by atoms with Crippen molar-refractivity contribution in [2.45, 2.75) is 22.5 Å². The first-order valence-corrected chi connectivity index (χ1v) is 10.1. The second kappa shape index (κ2) is 5.25. The van der Waals surface area contributed by atoms with Gasteiger partial charge in [0.25, 0.3) is 0 Å². The molecule has 0 aromatic heterocycles. The van der Waals surface area contributed by atoms with Gasteiger partial charge in [-0.2, -0.15) is 0 Å². The summed E-state index contributed by atoms with van der Waals surface area (Å²) in [5.74, 6) is 0.417. The zero-order chi connectivity index (χ0) is 17.3. The first-order chi connectivity index (χ1) is 12.8. The molecule has 2 unspecified atom stereocenters. The van der Waals surface area contributed by atoms with Crippen molar-refractivity contribution in [3.05, 3.63) is 101 Å². The third kappa shape index (κ3) is 1.92. The van der Waals surface area contributed by atoms with Crippen LogP contribution >= 0.6 is 11.8 Å². The van der Waals surface area contributed by atoms with E-state index in [1.54, 1.807) is 0 Å².